The van der Waals surface area contributed by atoms with Gasteiger partial charge in [-0.3, -0.25) is 14.4 Å². The second kappa shape index (κ2) is 26.5. The number of aliphatic hydroxyl groups excluding tert-OH is 2. The Morgan fingerprint density at radius 3 is 1.91 bits per heavy atom. The highest BCUT2D eigenvalue weighted by atomic mass is 16.6. The van der Waals surface area contributed by atoms with Gasteiger partial charge >= 0.3 is 30.0 Å². The first-order valence-corrected chi connectivity index (χ1v) is 28.3. The largest absolute Gasteiger partial charge is 0.461 e. The van der Waals surface area contributed by atoms with Crippen molar-refractivity contribution in [1.82, 2.24) is 5.32 Å². The monoisotopic (exact) mass is 1120 g/mol. The number of rotatable bonds is 23. The van der Waals surface area contributed by atoms with Crippen LogP contribution in [0.4, 0.5) is 4.79 Å². The Kier molecular flexibility index (Phi) is 20.2. The molecule has 2 aromatic carbocycles. The van der Waals surface area contributed by atoms with Crippen molar-refractivity contribution >= 4 is 35.8 Å². The third-order valence-corrected chi connectivity index (χ3v) is 16.8. The number of allylic oxidation sites excluding steroid dienone is 12. The van der Waals surface area contributed by atoms with Crippen LogP contribution in [0.25, 0.3) is 0 Å². The minimum Gasteiger partial charge on any atom is -0.461 e. The van der Waals surface area contributed by atoms with E-state index in [-0.39, 0.29) is 36.2 Å². The molecular formula is C65H81NO15. The number of ether oxygens (including phenoxy) is 6. The van der Waals surface area contributed by atoms with Crippen LogP contribution in [0.15, 0.2) is 145 Å². The lowest BCUT2D eigenvalue weighted by Gasteiger charge is -2.77. The molecule has 5 unspecified atom stereocenters. The maximum Gasteiger partial charge on any atom is 0.408 e. The van der Waals surface area contributed by atoms with Gasteiger partial charge in [0.15, 0.2) is 11.9 Å². The predicted molar refractivity (Wildman–Crippen MR) is 303 cm³/mol. The maximum absolute atomic E-state index is 15.7. The van der Waals surface area contributed by atoms with Crippen molar-refractivity contribution in [3.8, 4) is 0 Å². The van der Waals surface area contributed by atoms with Gasteiger partial charge in [-0.25, -0.2) is 14.4 Å². The zero-order valence-corrected chi connectivity index (χ0v) is 47.9. The first kappa shape index (κ1) is 61.9. The number of benzene rings is 2. The molecule has 16 nitrogen and oxygen atoms in total. The smallest absolute Gasteiger partial charge is 0.408 e. The quantitative estimate of drug-likeness (QED) is 0.0461. The fraction of sp³-hybridized carbons (Fsp3) is 0.508. The van der Waals surface area contributed by atoms with E-state index in [4.69, 9.17) is 28.4 Å². The van der Waals surface area contributed by atoms with Crippen molar-refractivity contribution in [3.63, 3.8) is 0 Å². The van der Waals surface area contributed by atoms with Crippen LogP contribution >= 0.6 is 0 Å². The molecule has 436 valence electrons. The summed E-state index contributed by atoms with van der Waals surface area (Å²) in [5, 5.41) is 40.8. The number of alkyl carbamates (subject to hydrolysis) is 1. The third kappa shape index (κ3) is 13.0. The molecule has 5 aliphatic rings. The van der Waals surface area contributed by atoms with Gasteiger partial charge in [0.1, 0.15) is 41.2 Å². The predicted octanol–water partition coefficient (Wildman–Crippen LogP) is 9.90. The normalized spacial score (nSPS) is 30.5. The Balaban J connectivity index is 1.15. The molecule has 7 rings (SSSR count). The molecule has 81 heavy (non-hydrogen) atoms. The summed E-state index contributed by atoms with van der Waals surface area (Å²) >= 11 is 0. The molecule has 0 bridgehead atoms. The topological polar surface area (TPSA) is 231 Å². The number of carbonyl (C=O) groups is 6. The van der Waals surface area contributed by atoms with E-state index in [1.807, 2.05) is 18.2 Å². The van der Waals surface area contributed by atoms with Crippen molar-refractivity contribution < 1.29 is 72.5 Å². The van der Waals surface area contributed by atoms with Crippen LogP contribution in [-0.4, -0.2) is 111 Å². The van der Waals surface area contributed by atoms with Crippen molar-refractivity contribution in [2.45, 2.75) is 179 Å². The van der Waals surface area contributed by atoms with Gasteiger partial charge in [0, 0.05) is 38.0 Å². The molecule has 0 radical (unpaired) electrons. The molecule has 13 atom stereocenters. The summed E-state index contributed by atoms with van der Waals surface area (Å²) in [6, 6.07) is 14.8. The Bertz CT molecular complexity index is 2810. The molecule has 0 spiro atoms. The van der Waals surface area contributed by atoms with E-state index in [1.54, 1.807) is 69.3 Å². The molecule has 4 aliphatic carbocycles. The van der Waals surface area contributed by atoms with Gasteiger partial charge in [0.25, 0.3) is 0 Å². The Morgan fingerprint density at radius 1 is 0.802 bits per heavy atom. The summed E-state index contributed by atoms with van der Waals surface area (Å²) in [4.78, 5) is 84.7. The highest BCUT2D eigenvalue weighted by Gasteiger charge is 2.88. The van der Waals surface area contributed by atoms with Crippen molar-refractivity contribution in [2.75, 3.05) is 6.61 Å². The highest BCUT2D eigenvalue weighted by molar-refractivity contribution is 5.95. The average molecular weight is 1120 g/mol. The van der Waals surface area contributed by atoms with Gasteiger partial charge < -0.3 is 49.1 Å². The van der Waals surface area contributed by atoms with E-state index in [1.165, 1.54) is 39.8 Å². The zero-order chi connectivity index (χ0) is 58.8. The summed E-state index contributed by atoms with van der Waals surface area (Å²) < 4.78 is 36.8. The Hall–Kier alpha value is -6.72. The number of amides is 1. The lowest BCUT2D eigenvalue weighted by Crippen LogP contribution is -2.88. The van der Waals surface area contributed by atoms with Crippen molar-refractivity contribution in [1.29, 1.82) is 0 Å². The lowest BCUT2D eigenvalue weighted by atomic mass is 9.31. The molecular weight excluding hydrogens is 1030 g/mol. The fourth-order valence-corrected chi connectivity index (χ4v) is 12.8. The van der Waals surface area contributed by atoms with Gasteiger partial charge in [0.05, 0.1) is 35.1 Å². The van der Waals surface area contributed by atoms with Crippen molar-refractivity contribution in [2.24, 2.45) is 22.7 Å². The highest BCUT2D eigenvalue weighted by Crippen LogP contribution is 2.78. The van der Waals surface area contributed by atoms with Crippen LogP contribution in [0.5, 0.6) is 0 Å². The SMILES string of the molecule is CC/C=C\C/C=C\C/C=C\C/C=C\C/C=C\C/C=C\CCC(=O)OC1CC2OC[C@H](OC(C)=O)[C@H]2[C@H]2[C@H](OC(=O)c3ccccc3)[C@]3(O)C[C@@]4(OC(=O)[C@H](O)C(NC(=O)OC(C)(C)C)c5ccccc5)C(C)=C(C(O)C(=O)C12C)[C@@]34C. The minimum atomic E-state index is -2.28. The van der Waals surface area contributed by atoms with E-state index >= 15 is 4.79 Å². The number of Topliss-reactive ketones (excluding diaryl/α,β-unsaturated/α-hetero) is 1. The summed E-state index contributed by atoms with van der Waals surface area (Å²) in [5.74, 6) is -6.65. The Morgan fingerprint density at radius 2 is 1.36 bits per heavy atom. The number of hydrogen-bond donors (Lipinski definition) is 4. The van der Waals surface area contributed by atoms with Gasteiger partial charge in [-0.15, -0.1) is 0 Å². The zero-order valence-electron chi connectivity index (χ0n) is 47.9. The standard InChI is InChI=1S/C65H81NO15/c1-9-10-11-12-13-14-15-16-17-18-19-20-21-22-23-24-25-26-33-38-49(68)78-48-39-46-50(47(40-76-46)77-43(3)67)52-57(79-58(72)45-36-31-28-32-37-45)64(75)41-65(42(2)51(63(64,65)8)54(69)56(71)62(48,52)7)80-59(73)55(70)53(44-34-29-27-30-35-44)66-60(74)81-61(4,5)6/h10-11,13-14,16-17,19-20,22-23,25-32,34-37,46-48,50,52-55,57,69-70,75H,9,12,15,18,21,24,33,38-41H2,1-8H3,(H,66,74)/b11-10-,14-13-,17-16-,20-19-,23-22-,26-25-/t46?,47-,48?,50-,52-,53?,54?,55+,57-,62?,63-,64+,65+/m0/s1. The number of esters is 4. The van der Waals surface area contributed by atoms with Crippen molar-refractivity contribution in [3.05, 3.63) is 156 Å². The molecule has 1 saturated heterocycles. The first-order chi connectivity index (χ1) is 38.6. The van der Waals surface area contributed by atoms with Gasteiger partial charge in [-0.05, 0) is 115 Å². The van der Waals surface area contributed by atoms with E-state index in [9.17, 15) is 39.3 Å². The molecule has 1 heterocycles. The van der Waals surface area contributed by atoms with Crippen LogP contribution in [0, 0.1) is 22.7 Å². The molecule has 16 heteroatoms. The van der Waals surface area contributed by atoms with Gasteiger partial charge in [-0.2, -0.15) is 0 Å². The number of carbonyl (C=O) groups excluding carboxylic acids is 6. The number of hydrogen-bond acceptors (Lipinski definition) is 15. The minimum absolute atomic E-state index is 0.0143. The first-order valence-electron chi connectivity index (χ1n) is 28.3. The fourth-order valence-electron chi connectivity index (χ4n) is 12.8. The molecule has 4 fully saturated rings. The van der Waals surface area contributed by atoms with Gasteiger partial charge in [0.2, 0.25) is 0 Å². The molecule has 1 amide bonds. The lowest BCUT2D eigenvalue weighted by molar-refractivity contribution is -0.341. The van der Waals surface area contributed by atoms with Crippen LogP contribution < -0.4 is 5.32 Å². The Labute approximate surface area is 476 Å². The van der Waals surface area contributed by atoms with Crippen LogP contribution in [-0.2, 0) is 47.6 Å². The van der Waals surface area contributed by atoms with E-state index in [2.05, 4.69) is 66.9 Å². The van der Waals surface area contributed by atoms with Crippen LogP contribution in [0.2, 0.25) is 0 Å². The number of nitrogens with one attached hydrogen (secondary N) is 1. The summed E-state index contributed by atoms with van der Waals surface area (Å²) in [5.41, 5.74) is -8.28. The van der Waals surface area contributed by atoms with Gasteiger partial charge in [-0.1, -0.05) is 128 Å². The second-order valence-electron chi connectivity index (χ2n) is 23.0. The van der Waals surface area contributed by atoms with E-state index in [0.717, 1.165) is 32.1 Å². The number of aliphatic hydroxyl groups is 3. The van der Waals surface area contributed by atoms with Crippen LogP contribution in [0.1, 0.15) is 142 Å². The number of ketones is 1. The number of fused-ring (bicyclic) bond motifs is 3. The summed E-state index contributed by atoms with van der Waals surface area (Å²) in [7, 11) is 0. The van der Waals surface area contributed by atoms with E-state index in [0.29, 0.717) is 18.4 Å². The van der Waals surface area contributed by atoms with Crippen LogP contribution in [0.3, 0.4) is 0 Å². The second-order valence-corrected chi connectivity index (χ2v) is 23.0. The van der Waals surface area contributed by atoms with E-state index < -0.39 is 124 Å². The molecule has 0 aromatic heterocycles. The average Bonchev–Trinajstić information content (AvgIpc) is 0.662. The molecule has 2 aromatic rings. The molecule has 4 N–H and O–H groups in total. The summed E-state index contributed by atoms with van der Waals surface area (Å²) in [6.07, 6.45) is 20.0. The summed E-state index contributed by atoms with van der Waals surface area (Å²) in [6.45, 7) is 12.7. The maximum atomic E-state index is 15.7. The third-order valence-electron chi connectivity index (χ3n) is 16.8. The molecule has 1 aliphatic heterocycles. The molecule has 3 saturated carbocycles.